The quantitative estimate of drug-likeness (QED) is 0.506. The molecule has 100 valence electrons. The predicted molar refractivity (Wildman–Crippen MR) is 83.3 cm³/mol. The van der Waals surface area contributed by atoms with Gasteiger partial charge in [-0.2, -0.15) is 0 Å². The van der Waals surface area contributed by atoms with Crippen molar-refractivity contribution in [2.24, 2.45) is 0 Å². The van der Waals surface area contributed by atoms with Crippen LogP contribution in [0.25, 0.3) is 0 Å². The van der Waals surface area contributed by atoms with Crippen molar-refractivity contribution in [1.29, 1.82) is 0 Å². The molecule has 0 atom stereocenters. The van der Waals surface area contributed by atoms with Gasteiger partial charge in [-0.05, 0) is 24.3 Å². The summed E-state index contributed by atoms with van der Waals surface area (Å²) < 4.78 is 5.44. The van der Waals surface area contributed by atoms with Crippen molar-refractivity contribution in [3.05, 3.63) is 36.4 Å². The summed E-state index contributed by atoms with van der Waals surface area (Å²) in [4.78, 5) is 1.52. The fourth-order valence-electron chi connectivity index (χ4n) is 1.36. The van der Waals surface area contributed by atoms with Gasteiger partial charge in [-0.1, -0.05) is 12.1 Å². The van der Waals surface area contributed by atoms with Crippen molar-refractivity contribution in [3.8, 4) is 0 Å². The van der Waals surface area contributed by atoms with Gasteiger partial charge in [0.2, 0.25) is 0 Å². The summed E-state index contributed by atoms with van der Waals surface area (Å²) >= 11 is 2.26. The molecule has 0 aliphatic rings. The van der Waals surface area contributed by atoms with Gasteiger partial charge in [0.25, 0.3) is 0 Å². The van der Waals surface area contributed by atoms with E-state index in [1.54, 1.807) is 12.1 Å². The molecule has 0 spiro atoms. The number of nitrogens with two attached hydrogens (primary N) is 4. The lowest BCUT2D eigenvalue weighted by Crippen LogP contribution is -1.96. The molecule has 0 radical (unpaired) electrons. The summed E-state index contributed by atoms with van der Waals surface area (Å²) in [5.74, 6) is 0. The SMILES string of the molecule is Nc1cccc(SOSc2cccc(N)c2N)c1N. The summed E-state index contributed by atoms with van der Waals surface area (Å²) in [6, 6.07) is 10.8. The lowest BCUT2D eigenvalue weighted by atomic mass is 10.3. The maximum absolute atomic E-state index is 5.84. The minimum atomic E-state index is 0.508. The van der Waals surface area contributed by atoms with Crippen LogP contribution in [0.5, 0.6) is 0 Å². The fourth-order valence-corrected chi connectivity index (χ4v) is 2.76. The molecule has 19 heavy (non-hydrogen) atoms. The second-order valence-electron chi connectivity index (χ2n) is 3.75. The Morgan fingerprint density at radius 1 is 0.684 bits per heavy atom. The minimum Gasteiger partial charge on any atom is -0.397 e. The van der Waals surface area contributed by atoms with Crippen molar-refractivity contribution in [1.82, 2.24) is 0 Å². The predicted octanol–water partition coefficient (Wildman–Crippen LogP) is 2.75. The van der Waals surface area contributed by atoms with E-state index in [4.69, 9.17) is 26.6 Å². The number of benzene rings is 2. The van der Waals surface area contributed by atoms with Gasteiger partial charge in [-0.25, -0.2) is 3.63 Å². The molecule has 0 heterocycles. The first-order valence-corrected chi connectivity index (χ1v) is 6.87. The number of anilines is 4. The maximum Gasteiger partial charge on any atom is 0.0709 e. The molecule has 0 saturated carbocycles. The monoisotopic (exact) mass is 294 g/mol. The normalized spacial score (nSPS) is 10.5. The van der Waals surface area contributed by atoms with Crippen molar-refractivity contribution in [3.63, 3.8) is 0 Å². The van der Waals surface area contributed by atoms with Crippen molar-refractivity contribution >= 4 is 46.8 Å². The van der Waals surface area contributed by atoms with Gasteiger partial charge in [0, 0.05) is 24.1 Å². The number of para-hydroxylation sites is 2. The van der Waals surface area contributed by atoms with E-state index < -0.39 is 0 Å². The van der Waals surface area contributed by atoms with Crippen molar-refractivity contribution in [2.45, 2.75) is 9.79 Å². The molecule has 0 unspecified atom stereocenters. The smallest absolute Gasteiger partial charge is 0.0709 e. The average molecular weight is 294 g/mol. The van der Waals surface area contributed by atoms with E-state index in [0.717, 1.165) is 33.9 Å². The topological polar surface area (TPSA) is 113 Å². The van der Waals surface area contributed by atoms with Crippen LogP contribution in [0.3, 0.4) is 0 Å². The van der Waals surface area contributed by atoms with Gasteiger partial charge < -0.3 is 22.9 Å². The molecule has 0 aliphatic carbocycles. The molecule has 0 amide bonds. The Hall–Kier alpha value is -1.70. The highest BCUT2D eigenvalue weighted by molar-refractivity contribution is 8.08. The van der Waals surface area contributed by atoms with Crippen LogP contribution >= 0.6 is 24.1 Å². The van der Waals surface area contributed by atoms with E-state index in [1.807, 2.05) is 24.3 Å². The fraction of sp³-hybridized carbons (Fsp3) is 0. The van der Waals surface area contributed by atoms with E-state index in [2.05, 4.69) is 0 Å². The van der Waals surface area contributed by atoms with E-state index in [0.29, 0.717) is 22.7 Å². The van der Waals surface area contributed by atoms with E-state index in [1.165, 1.54) is 0 Å². The highest BCUT2D eigenvalue weighted by atomic mass is 32.2. The zero-order valence-electron chi connectivity index (χ0n) is 10.00. The summed E-state index contributed by atoms with van der Waals surface area (Å²) in [5.41, 5.74) is 25.2. The molecule has 0 saturated heterocycles. The average Bonchev–Trinajstić information content (AvgIpc) is 2.39. The third-order valence-corrected chi connectivity index (χ3v) is 4.06. The summed E-state index contributed by atoms with van der Waals surface area (Å²) in [6.45, 7) is 0. The first-order valence-electron chi connectivity index (χ1n) is 5.38. The Morgan fingerprint density at radius 3 is 1.53 bits per heavy atom. The standard InChI is InChI=1S/C12H14N4OS2/c13-7-3-1-5-9(11(7)15)18-17-19-10-6-2-4-8(14)12(10)16/h1-6H,13-16H2. The van der Waals surface area contributed by atoms with E-state index in [-0.39, 0.29) is 0 Å². The summed E-state index contributed by atoms with van der Waals surface area (Å²) in [7, 11) is 0. The van der Waals surface area contributed by atoms with Crippen LogP contribution in [0.15, 0.2) is 46.2 Å². The third kappa shape index (κ3) is 3.19. The third-order valence-electron chi connectivity index (χ3n) is 2.45. The molecular formula is C12H14N4OS2. The molecule has 5 nitrogen and oxygen atoms in total. The summed E-state index contributed by atoms with van der Waals surface area (Å²) in [6.07, 6.45) is 0. The lowest BCUT2D eigenvalue weighted by molar-refractivity contribution is 0.757. The van der Waals surface area contributed by atoms with Gasteiger partial charge in [0.15, 0.2) is 0 Å². The molecule has 7 heteroatoms. The number of rotatable bonds is 4. The Balaban J connectivity index is 2.00. The molecule has 8 N–H and O–H groups in total. The minimum absolute atomic E-state index is 0.508. The molecule has 0 bridgehead atoms. The number of hydrogen-bond acceptors (Lipinski definition) is 7. The van der Waals surface area contributed by atoms with E-state index in [9.17, 15) is 0 Å². The van der Waals surface area contributed by atoms with Crippen molar-refractivity contribution in [2.75, 3.05) is 22.9 Å². The second-order valence-corrected chi connectivity index (χ2v) is 5.51. The number of hydrogen-bond donors (Lipinski definition) is 4. The van der Waals surface area contributed by atoms with Gasteiger partial charge in [-0.3, -0.25) is 0 Å². The molecule has 2 aromatic carbocycles. The van der Waals surface area contributed by atoms with Gasteiger partial charge in [-0.15, -0.1) is 0 Å². The Labute approximate surface area is 120 Å². The van der Waals surface area contributed by atoms with Crippen LogP contribution in [0, 0.1) is 0 Å². The molecule has 0 aromatic heterocycles. The Bertz CT molecular complexity index is 540. The molecule has 2 aromatic rings. The van der Waals surface area contributed by atoms with Gasteiger partial charge in [0.05, 0.1) is 32.5 Å². The van der Waals surface area contributed by atoms with Crippen LogP contribution in [0.4, 0.5) is 22.7 Å². The molecular weight excluding hydrogens is 280 g/mol. The molecule has 0 fully saturated rings. The first kappa shape index (κ1) is 13.7. The highest BCUT2D eigenvalue weighted by Crippen LogP contribution is 2.37. The van der Waals surface area contributed by atoms with Crippen molar-refractivity contribution < 1.29 is 3.63 Å². The van der Waals surface area contributed by atoms with Gasteiger partial charge in [0.1, 0.15) is 0 Å². The first-order chi connectivity index (χ1) is 9.09. The van der Waals surface area contributed by atoms with Crippen LogP contribution < -0.4 is 22.9 Å². The van der Waals surface area contributed by atoms with Crippen LogP contribution in [-0.4, -0.2) is 0 Å². The Morgan fingerprint density at radius 2 is 1.11 bits per heavy atom. The second kappa shape index (κ2) is 5.96. The highest BCUT2D eigenvalue weighted by Gasteiger charge is 2.07. The van der Waals surface area contributed by atoms with Crippen LogP contribution in [0.1, 0.15) is 0 Å². The lowest BCUT2D eigenvalue weighted by Gasteiger charge is -2.08. The number of nitrogen functional groups attached to an aromatic ring is 4. The zero-order chi connectivity index (χ0) is 13.8. The van der Waals surface area contributed by atoms with Crippen LogP contribution in [0.2, 0.25) is 0 Å². The zero-order valence-corrected chi connectivity index (χ0v) is 11.6. The van der Waals surface area contributed by atoms with Crippen LogP contribution in [-0.2, 0) is 3.63 Å². The largest absolute Gasteiger partial charge is 0.397 e. The summed E-state index contributed by atoms with van der Waals surface area (Å²) in [5, 5.41) is 0. The van der Waals surface area contributed by atoms with Gasteiger partial charge >= 0.3 is 0 Å². The molecule has 2 rings (SSSR count). The maximum atomic E-state index is 5.84. The Kier molecular flexibility index (Phi) is 4.31. The van der Waals surface area contributed by atoms with E-state index >= 15 is 0 Å². The molecule has 0 aliphatic heterocycles.